The number of aryl methyl sites for hydroxylation is 1. The third-order valence-electron chi connectivity index (χ3n) is 3.83. The van der Waals surface area contributed by atoms with Crippen LogP contribution < -0.4 is 10.2 Å². The van der Waals surface area contributed by atoms with Gasteiger partial charge in [-0.1, -0.05) is 24.3 Å². The molecule has 0 radical (unpaired) electrons. The van der Waals surface area contributed by atoms with Gasteiger partial charge in [-0.25, -0.2) is 5.43 Å². The number of hydrogen-bond donors (Lipinski definition) is 1. The molecule has 1 amide bonds. The summed E-state index contributed by atoms with van der Waals surface area (Å²) in [5, 5.41) is 4.33. The maximum Gasteiger partial charge on any atom is 0.271 e. The average Bonchev–Trinajstić information content (AvgIpc) is 2.59. The van der Waals surface area contributed by atoms with Crippen LogP contribution in [0.3, 0.4) is 0 Å². The van der Waals surface area contributed by atoms with Crippen molar-refractivity contribution in [3.8, 4) is 5.75 Å². The first-order valence-corrected chi connectivity index (χ1v) is 7.37. The highest BCUT2D eigenvalue weighted by molar-refractivity contribution is 6.04. The van der Waals surface area contributed by atoms with Crippen LogP contribution in [-0.2, 0) is 6.42 Å². The zero-order chi connectivity index (χ0) is 15.4. The largest absolute Gasteiger partial charge is 0.497 e. The lowest BCUT2D eigenvalue weighted by Crippen LogP contribution is -2.22. The molecule has 4 nitrogen and oxygen atoms in total. The van der Waals surface area contributed by atoms with Crippen LogP contribution in [0.1, 0.15) is 34.3 Å². The van der Waals surface area contributed by atoms with Gasteiger partial charge < -0.3 is 4.74 Å². The zero-order valence-electron chi connectivity index (χ0n) is 12.5. The highest BCUT2D eigenvalue weighted by Crippen LogP contribution is 2.21. The Labute approximate surface area is 129 Å². The lowest BCUT2D eigenvalue weighted by molar-refractivity contribution is 0.0954. The van der Waals surface area contributed by atoms with Gasteiger partial charge in [-0.05, 0) is 49.1 Å². The predicted molar refractivity (Wildman–Crippen MR) is 86.4 cm³/mol. The summed E-state index contributed by atoms with van der Waals surface area (Å²) in [6.45, 7) is 0. The Bertz CT molecular complexity index is 705. The van der Waals surface area contributed by atoms with Crippen molar-refractivity contribution < 1.29 is 9.53 Å². The topological polar surface area (TPSA) is 50.7 Å². The number of benzene rings is 2. The van der Waals surface area contributed by atoms with Crippen LogP contribution in [0.4, 0.5) is 0 Å². The van der Waals surface area contributed by atoms with E-state index in [0.717, 1.165) is 36.3 Å². The molecule has 0 saturated heterocycles. The van der Waals surface area contributed by atoms with Gasteiger partial charge in [0.2, 0.25) is 0 Å². The molecule has 1 aliphatic rings. The summed E-state index contributed by atoms with van der Waals surface area (Å²) in [5.41, 5.74) is 6.61. The molecule has 0 unspecified atom stereocenters. The number of nitrogens with zero attached hydrogens (tertiary/aromatic N) is 1. The van der Waals surface area contributed by atoms with Crippen LogP contribution in [0.25, 0.3) is 0 Å². The first-order valence-electron chi connectivity index (χ1n) is 7.37. The van der Waals surface area contributed by atoms with Crippen molar-refractivity contribution in [3.63, 3.8) is 0 Å². The van der Waals surface area contributed by atoms with E-state index in [4.69, 9.17) is 4.74 Å². The van der Waals surface area contributed by atoms with Crippen LogP contribution in [0.15, 0.2) is 53.6 Å². The molecule has 1 aliphatic carbocycles. The number of hydrogen-bond acceptors (Lipinski definition) is 3. The Kier molecular flexibility index (Phi) is 4.19. The van der Waals surface area contributed by atoms with Gasteiger partial charge in [-0.15, -0.1) is 0 Å². The SMILES string of the molecule is COc1ccc(C(=O)NN=C2CCCc3ccccc32)cc1. The van der Waals surface area contributed by atoms with Crippen molar-refractivity contribution >= 4 is 11.6 Å². The second-order valence-corrected chi connectivity index (χ2v) is 5.24. The minimum Gasteiger partial charge on any atom is -0.497 e. The molecular weight excluding hydrogens is 276 g/mol. The molecule has 22 heavy (non-hydrogen) atoms. The Morgan fingerprint density at radius 1 is 1.09 bits per heavy atom. The van der Waals surface area contributed by atoms with E-state index >= 15 is 0 Å². The van der Waals surface area contributed by atoms with Crippen molar-refractivity contribution in [3.05, 3.63) is 65.2 Å². The van der Waals surface area contributed by atoms with Crippen molar-refractivity contribution in [2.45, 2.75) is 19.3 Å². The lowest BCUT2D eigenvalue weighted by Gasteiger charge is -2.17. The van der Waals surface area contributed by atoms with Gasteiger partial charge in [0.25, 0.3) is 5.91 Å². The molecule has 0 aromatic heterocycles. The molecule has 0 spiro atoms. The van der Waals surface area contributed by atoms with E-state index in [-0.39, 0.29) is 5.91 Å². The van der Waals surface area contributed by atoms with E-state index in [1.54, 1.807) is 31.4 Å². The van der Waals surface area contributed by atoms with Gasteiger partial charge in [0.1, 0.15) is 5.75 Å². The van der Waals surface area contributed by atoms with E-state index in [9.17, 15) is 4.79 Å². The van der Waals surface area contributed by atoms with Gasteiger partial charge in [-0.3, -0.25) is 4.79 Å². The van der Waals surface area contributed by atoms with Crippen molar-refractivity contribution in [1.82, 2.24) is 5.43 Å². The zero-order valence-corrected chi connectivity index (χ0v) is 12.5. The molecule has 0 heterocycles. The quantitative estimate of drug-likeness (QED) is 0.884. The van der Waals surface area contributed by atoms with E-state index in [1.165, 1.54) is 5.56 Å². The highest BCUT2D eigenvalue weighted by atomic mass is 16.5. The van der Waals surface area contributed by atoms with Crippen molar-refractivity contribution in [2.75, 3.05) is 7.11 Å². The molecule has 2 aromatic carbocycles. The minimum absolute atomic E-state index is 0.210. The average molecular weight is 294 g/mol. The maximum absolute atomic E-state index is 12.1. The van der Waals surface area contributed by atoms with E-state index in [1.807, 2.05) is 12.1 Å². The minimum atomic E-state index is -0.210. The lowest BCUT2D eigenvalue weighted by atomic mass is 9.90. The number of fused-ring (bicyclic) bond motifs is 1. The maximum atomic E-state index is 12.1. The van der Waals surface area contributed by atoms with Gasteiger partial charge in [0.15, 0.2) is 0 Å². The third-order valence-corrected chi connectivity index (χ3v) is 3.83. The molecule has 0 aliphatic heterocycles. The number of nitrogens with one attached hydrogen (secondary N) is 1. The number of carbonyl (C=O) groups excluding carboxylic acids is 1. The van der Waals surface area contributed by atoms with E-state index < -0.39 is 0 Å². The van der Waals surface area contributed by atoms with Gasteiger partial charge >= 0.3 is 0 Å². The summed E-state index contributed by atoms with van der Waals surface area (Å²) in [5.74, 6) is 0.516. The number of methoxy groups -OCH3 is 1. The third kappa shape index (κ3) is 3.01. The van der Waals surface area contributed by atoms with Crippen molar-refractivity contribution in [1.29, 1.82) is 0 Å². The summed E-state index contributed by atoms with van der Waals surface area (Å²) < 4.78 is 5.08. The molecule has 0 atom stereocenters. The predicted octanol–water partition coefficient (Wildman–Crippen LogP) is 3.17. The van der Waals surface area contributed by atoms with Crippen molar-refractivity contribution in [2.24, 2.45) is 5.10 Å². The second kappa shape index (κ2) is 6.43. The van der Waals surface area contributed by atoms with E-state index in [2.05, 4.69) is 22.7 Å². The molecule has 1 N–H and O–H groups in total. The van der Waals surface area contributed by atoms with Crippen LogP contribution in [0.2, 0.25) is 0 Å². The number of hydrazone groups is 1. The Morgan fingerprint density at radius 3 is 2.64 bits per heavy atom. The molecule has 0 saturated carbocycles. The summed E-state index contributed by atoms with van der Waals surface area (Å²) in [4.78, 5) is 12.1. The number of carbonyl (C=O) groups is 1. The molecule has 112 valence electrons. The molecule has 2 aromatic rings. The molecule has 3 rings (SSSR count). The first kappa shape index (κ1) is 14.3. The number of amides is 1. The normalized spacial score (nSPS) is 15.2. The van der Waals surface area contributed by atoms with Gasteiger partial charge in [0.05, 0.1) is 12.8 Å². The number of rotatable bonds is 3. The Balaban J connectivity index is 1.75. The molecule has 4 heteroatoms. The van der Waals surface area contributed by atoms with Crippen LogP contribution in [0, 0.1) is 0 Å². The number of ether oxygens (including phenoxy) is 1. The Hall–Kier alpha value is -2.62. The van der Waals surface area contributed by atoms with Gasteiger partial charge in [-0.2, -0.15) is 5.10 Å². The fourth-order valence-electron chi connectivity index (χ4n) is 2.64. The van der Waals surface area contributed by atoms with Crippen LogP contribution in [-0.4, -0.2) is 18.7 Å². The van der Waals surface area contributed by atoms with Crippen LogP contribution >= 0.6 is 0 Å². The summed E-state index contributed by atoms with van der Waals surface area (Å²) in [7, 11) is 1.60. The monoisotopic (exact) mass is 294 g/mol. The Morgan fingerprint density at radius 2 is 1.86 bits per heavy atom. The molecular formula is C18H18N2O2. The molecule has 0 fully saturated rings. The van der Waals surface area contributed by atoms with E-state index in [0.29, 0.717) is 5.56 Å². The standard InChI is InChI=1S/C18H18N2O2/c1-22-15-11-9-14(10-12-15)18(21)20-19-17-8-4-6-13-5-2-3-7-16(13)17/h2-3,5,7,9-12H,4,6,8H2,1H3,(H,20,21). The second-order valence-electron chi connectivity index (χ2n) is 5.24. The molecule has 0 bridgehead atoms. The highest BCUT2D eigenvalue weighted by Gasteiger charge is 2.15. The summed E-state index contributed by atoms with van der Waals surface area (Å²) in [6, 6.07) is 15.2. The fourth-order valence-corrected chi connectivity index (χ4v) is 2.64. The summed E-state index contributed by atoms with van der Waals surface area (Å²) in [6.07, 6.45) is 3.02. The summed E-state index contributed by atoms with van der Waals surface area (Å²) >= 11 is 0. The van der Waals surface area contributed by atoms with Gasteiger partial charge in [0, 0.05) is 11.1 Å². The fraction of sp³-hybridized carbons (Fsp3) is 0.222. The van der Waals surface area contributed by atoms with Crippen LogP contribution in [0.5, 0.6) is 5.75 Å². The first-order chi connectivity index (χ1) is 10.8. The smallest absolute Gasteiger partial charge is 0.271 e.